The first-order valence-electron chi connectivity index (χ1n) is 7.44. The first-order chi connectivity index (χ1) is 13.2. The second-order valence-electron chi connectivity index (χ2n) is 5.26. The van der Waals surface area contributed by atoms with Crippen molar-refractivity contribution in [2.45, 2.75) is 4.90 Å². The molecule has 8 nitrogen and oxygen atoms in total. The average Bonchev–Trinajstić information content (AvgIpc) is 3.02. The Morgan fingerprint density at radius 1 is 1.04 bits per heavy atom. The van der Waals surface area contributed by atoms with Gasteiger partial charge in [-0.1, -0.05) is 34.5 Å². The fourth-order valence-corrected chi connectivity index (χ4v) is 4.35. The number of urea groups is 1. The second-order valence-corrected chi connectivity index (χ2v) is 9.42. The summed E-state index contributed by atoms with van der Waals surface area (Å²) in [6.45, 7) is 0. The van der Waals surface area contributed by atoms with E-state index in [0.29, 0.717) is 25.4 Å². The number of carbonyl (C=O) groups excluding carboxylic acids is 1. The zero-order chi connectivity index (χ0) is 20.3. The molecule has 0 unspecified atom stereocenters. The van der Waals surface area contributed by atoms with Crippen LogP contribution in [-0.2, 0) is 10.0 Å². The Bertz CT molecular complexity index is 1180. The van der Waals surface area contributed by atoms with Crippen LogP contribution in [0.2, 0.25) is 10.0 Å². The number of halogens is 2. The van der Waals surface area contributed by atoms with Gasteiger partial charge >= 0.3 is 6.03 Å². The minimum Gasteiger partial charge on any atom is -0.308 e. The fourth-order valence-electron chi connectivity index (χ4n) is 2.03. The molecule has 3 rings (SSSR count). The average molecular weight is 476 g/mol. The number of H-pyrrole nitrogens is 1. The van der Waals surface area contributed by atoms with Crippen molar-refractivity contribution in [2.75, 3.05) is 15.4 Å². The van der Waals surface area contributed by atoms with Gasteiger partial charge in [0, 0.05) is 11.4 Å². The summed E-state index contributed by atoms with van der Waals surface area (Å²) < 4.78 is 27.3. The van der Waals surface area contributed by atoms with Crippen LogP contribution in [0.5, 0.6) is 0 Å². The third-order valence-electron chi connectivity index (χ3n) is 3.26. The summed E-state index contributed by atoms with van der Waals surface area (Å²) in [4.78, 5) is 12.1. The lowest BCUT2D eigenvalue weighted by atomic mass is 10.3. The van der Waals surface area contributed by atoms with Gasteiger partial charge in [-0.3, -0.25) is 9.82 Å². The molecule has 13 heteroatoms. The van der Waals surface area contributed by atoms with Crippen LogP contribution in [0.1, 0.15) is 0 Å². The van der Waals surface area contributed by atoms with E-state index in [9.17, 15) is 13.2 Å². The van der Waals surface area contributed by atoms with Gasteiger partial charge in [0.05, 0.1) is 14.9 Å². The summed E-state index contributed by atoms with van der Waals surface area (Å²) in [5.41, 5.74) is 0.851. The molecule has 2 amide bonds. The zero-order valence-corrected chi connectivity index (χ0v) is 17.7. The molecule has 2 aromatic carbocycles. The second kappa shape index (κ2) is 8.45. The number of hydrogen-bond acceptors (Lipinski definition) is 6. The summed E-state index contributed by atoms with van der Waals surface area (Å²) in [7, 11) is -3.83. The number of rotatable bonds is 5. The Balaban J connectivity index is 1.65. The van der Waals surface area contributed by atoms with E-state index in [1.54, 1.807) is 12.1 Å². The number of carbonyl (C=O) groups is 1. The zero-order valence-electron chi connectivity index (χ0n) is 13.7. The molecule has 0 aliphatic heterocycles. The molecule has 4 N–H and O–H groups in total. The van der Waals surface area contributed by atoms with Gasteiger partial charge < -0.3 is 10.6 Å². The van der Waals surface area contributed by atoms with Gasteiger partial charge in [-0.25, -0.2) is 13.2 Å². The van der Waals surface area contributed by atoms with Gasteiger partial charge in [0.25, 0.3) is 10.0 Å². The fraction of sp³-hybridized carbons (Fsp3) is 0. The standard InChI is InChI=1S/C15H11Cl2N5O3S3/c16-11-6-3-9(7-12(11)17)19-13(23)18-8-1-4-10(5-2-8)28(24,25)22-14-20-21-15(26)27-14/h1-7H,(H,20,22)(H,21,26)(H2,18,19,23). The molecule has 3 aromatic rings. The number of nitrogens with one attached hydrogen (secondary N) is 4. The van der Waals surface area contributed by atoms with Gasteiger partial charge in [-0.05, 0) is 54.7 Å². The Hall–Kier alpha value is -2.18. The summed E-state index contributed by atoms with van der Waals surface area (Å²) in [6.07, 6.45) is 0. The van der Waals surface area contributed by atoms with Crippen LogP contribution in [0, 0.1) is 3.95 Å². The molecule has 0 aliphatic rings. The van der Waals surface area contributed by atoms with E-state index >= 15 is 0 Å². The monoisotopic (exact) mass is 475 g/mol. The maximum atomic E-state index is 12.3. The molecule has 0 atom stereocenters. The summed E-state index contributed by atoms with van der Waals surface area (Å²) in [5, 5.41) is 12.2. The van der Waals surface area contributed by atoms with Crippen LogP contribution < -0.4 is 15.4 Å². The van der Waals surface area contributed by atoms with E-state index < -0.39 is 16.1 Å². The largest absolute Gasteiger partial charge is 0.323 e. The third-order valence-corrected chi connectivity index (χ3v) is 6.49. The lowest BCUT2D eigenvalue weighted by molar-refractivity contribution is 0.262. The molecule has 146 valence electrons. The van der Waals surface area contributed by atoms with Crippen molar-refractivity contribution in [1.29, 1.82) is 0 Å². The maximum absolute atomic E-state index is 12.3. The molecule has 0 bridgehead atoms. The SMILES string of the molecule is O=C(Nc1ccc(S(=O)(=O)Nc2n[nH]c(=S)s2)cc1)Nc1ccc(Cl)c(Cl)c1. The first kappa shape index (κ1) is 20.6. The van der Waals surface area contributed by atoms with E-state index in [-0.39, 0.29) is 10.0 Å². The van der Waals surface area contributed by atoms with Crippen molar-refractivity contribution < 1.29 is 13.2 Å². The Morgan fingerprint density at radius 3 is 2.29 bits per heavy atom. The molecular weight excluding hydrogens is 465 g/mol. The quantitative estimate of drug-likeness (QED) is 0.389. The van der Waals surface area contributed by atoms with E-state index in [4.69, 9.17) is 35.4 Å². The van der Waals surface area contributed by atoms with Crippen molar-refractivity contribution in [2.24, 2.45) is 0 Å². The molecule has 0 saturated heterocycles. The predicted molar refractivity (Wildman–Crippen MR) is 114 cm³/mol. The molecular formula is C15H11Cl2N5O3S3. The molecule has 0 fully saturated rings. The third kappa shape index (κ3) is 5.20. The van der Waals surface area contributed by atoms with E-state index in [1.807, 2.05) is 0 Å². The van der Waals surface area contributed by atoms with Crippen LogP contribution in [0.4, 0.5) is 21.3 Å². The smallest absolute Gasteiger partial charge is 0.308 e. The predicted octanol–water partition coefficient (Wildman–Crippen LogP) is 4.95. The van der Waals surface area contributed by atoms with Crippen LogP contribution in [0.15, 0.2) is 47.4 Å². The molecule has 1 heterocycles. The van der Waals surface area contributed by atoms with Crippen LogP contribution in [-0.4, -0.2) is 24.6 Å². The first-order valence-corrected chi connectivity index (χ1v) is 10.9. The Morgan fingerprint density at radius 2 is 1.68 bits per heavy atom. The molecule has 28 heavy (non-hydrogen) atoms. The van der Waals surface area contributed by atoms with Gasteiger partial charge in [0.1, 0.15) is 0 Å². The lowest BCUT2D eigenvalue weighted by Crippen LogP contribution is -2.19. The van der Waals surface area contributed by atoms with Crippen LogP contribution >= 0.6 is 46.8 Å². The van der Waals surface area contributed by atoms with Crippen molar-refractivity contribution in [3.05, 3.63) is 56.5 Å². The van der Waals surface area contributed by atoms with Gasteiger partial charge in [0.15, 0.2) is 3.95 Å². The topological polar surface area (TPSA) is 116 Å². The summed E-state index contributed by atoms with van der Waals surface area (Å²) in [6, 6.07) is 9.75. The van der Waals surface area contributed by atoms with Crippen molar-refractivity contribution in [3.8, 4) is 0 Å². The highest BCUT2D eigenvalue weighted by molar-refractivity contribution is 7.93. The van der Waals surface area contributed by atoms with Gasteiger partial charge in [-0.15, -0.1) is 5.10 Å². The minimum absolute atomic E-state index is 0.00376. The Kier molecular flexibility index (Phi) is 6.20. The van der Waals surface area contributed by atoms with Crippen molar-refractivity contribution in [3.63, 3.8) is 0 Å². The number of sulfonamides is 1. The number of anilines is 3. The highest BCUT2D eigenvalue weighted by Gasteiger charge is 2.16. The molecule has 0 aliphatic carbocycles. The van der Waals surface area contributed by atoms with Crippen LogP contribution in [0.25, 0.3) is 0 Å². The highest BCUT2D eigenvalue weighted by Crippen LogP contribution is 2.25. The van der Waals surface area contributed by atoms with Crippen molar-refractivity contribution >= 4 is 79.3 Å². The lowest BCUT2D eigenvalue weighted by Gasteiger charge is -2.09. The molecule has 0 radical (unpaired) electrons. The molecule has 0 saturated carbocycles. The minimum atomic E-state index is -3.83. The number of aromatic nitrogens is 2. The normalized spacial score (nSPS) is 11.1. The number of amides is 2. The number of hydrogen-bond donors (Lipinski definition) is 4. The maximum Gasteiger partial charge on any atom is 0.323 e. The van der Waals surface area contributed by atoms with E-state index in [2.05, 4.69) is 25.6 Å². The van der Waals surface area contributed by atoms with E-state index in [1.165, 1.54) is 30.3 Å². The summed E-state index contributed by atoms with van der Waals surface area (Å²) in [5.74, 6) is 0. The molecule has 0 spiro atoms. The van der Waals surface area contributed by atoms with Gasteiger partial charge in [-0.2, -0.15) is 0 Å². The summed E-state index contributed by atoms with van der Waals surface area (Å²) >= 11 is 17.6. The highest BCUT2D eigenvalue weighted by atomic mass is 35.5. The van der Waals surface area contributed by atoms with Crippen LogP contribution in [0.3, 0.4) is 0 Å². The van der Waals surface area contributed by atoms with Crippen molar-refractivity contribution in [1.82, 2.24) is 10.2 Å². The number of nitrogens with zero attached hydrogens (tertiary/aromatic N) is 1. The number of benzene rings is 2. The van der Waals surface area contributed by atoms with Gasteiger partial charge in [0.2, 0.25) is 5.13 Å². The Labute approximate surface area is 178 Å². The molecule has 1 aromatic heterocycles. The number of aromatic amines is 1. The van der Waals surface area contributed by atoms with E-state index in [0.717, 1.165) is 11.3 Å².